The third-order valence-electron chi connectivity index (χ3n) is 4.48. The second kappa shape index (κ2) is 9.43. The quantitative estimate of drug-likeness (QED) is 0.382. The van der Waals surface area contributed by atoms with Gasteiger partial charge in [0.25, 0.3) is 11.6 Å². The first-order valence-corrected chi connectivity index (χ1v) is 9.72. The lowest BCUT2D eigenvalue weighted by Crippen LogP contribution is -2.50. The molecule has 32 heavy (non-hydrogen) atoms. The number of non-ortho nitro benzene ring substituents is 1. The predicted octanol–water partition coefficient (Wildman–Crippen LogP) is 2.59. The molecule has 0 spiro atoms. The van der Waals surface area contributed by atoms with E-state index in [-0.39, 0.29) is 46.6 Å². The van der Waals surface area contributed by atoms with E-state index in [1.807, 2.05) is 0 Å². The Kier molecular flexibility index (Phi) is 6.69. The van der Waals surface area contributed by atoms with Crippen LogP contribution in [0.3, 0.4) is 0 Å². The topological polar surface area (TPSA) is 148 Å². The monoisotopic (exact) mass is 460 g/mol. The van der Waals surface area contributed by atoms with Crippen LogP contribution < -0.4 is 15.8 Å². The summed E-state index contributed by atoms with van der Waals surface area (Å²) in [6, 6.07) is 9.22. The number of esters is 1. The number of nitrogens with one attached hydrogen (secondary N) is 2. The number of hydrogen-bond donors (Lipinski definition) is 2. The summed E-state index contributed by atoms with van der Waals surface area (Å²) in [6.07, 6.45) is -1.04. The maximum Gasteiger partial charge on any atom is 0.338 e. The molecule has 166 valence electrons. The van der Waals surface area contributed by atoms with Gasteiger partial charge < -0.3 is 10.1 Å². The normalized spacial score (nSPS) is 14.4. The molecular formula is C20H17ClN4O7. The number of rotatable bonds is 6. The van der Waals surface area contributed by atoms with Gasteiger partial charge in [-0.3, -0.25) is 29.9 Å². The zero-order chi connectivity index (χ0) is 23.4. The second-order valence-electron chi connectivity index (χ2n) is 6.77. The molecule has 3 amide bonds. The molecule has 1 aliphatic rings. The van der Waals surface area contributed by atoms with Crippen molar-refractivity contribution in [1.82, 2.24) is 5.43 Å². The number of amides is 3. The molecule has 0 aliphatic carbocycles. The molecule has 2 aromatic carbocycles. The summed E-state index contributed by atoms with van der Waals surface area (Å²) < 4.78 is 5.13. The molecule has 1 atom stereocenters. The molecule has 1 fully saturated rings. The predicted molar refractivity (Wildman–Crippen MR) is 113 cm³/mol. The van der Waals surface area contributed by atoms with Crippen molar-refractivity contribution in [1.29, 1.82) is 0 Å². The number of benzene rings is 2. The summed E-state index contributed by atoms with van der Waals surface area (Å²) in [5.74, 6) is -2.13. The standard InChI is InChI=1S/C20H17ClN4O7/c1-11(19(28)22-16-10-14(25(30)31)6-7-15(16)21)32-20(29)12-2-4-13(5-3-12)24-18(27)9-8-17(26)23-24/h2-7,10-11H,8-9H2,1H3,(H,22,28)(H,23,26). The third kappa shape index (κ3) is 5.19. The van der Waals surface area contributed by atoms with Gasteiger partial charge in [-0.25, -0.2) is 9.80 Å². The van der Waals surface area contributed by atoms with Crippen molar-refractivity contribution in [2.75, 3.05) is 10.3 Å². The lowest BCUT2D eigenvalue weighted by molar-refractivity contribution is -0.384. The van der Waals surface area contributed by atoms with E-state index in [9.17, 15) is 29.3 Å². The van der Waals surface area contributed by atoms with Gasteiger partial charge in [0, 0.05) is 25.0 Å². The van der Waals surface area contributed by atoms with E-state index >= 15 is 0 Å². The van der Waals surface area contributed by atoms with E-state index in [4.69, 9.17) is 16.3 Å². The molecule has 0 radical (unpaired) electrons. The molecule has 11 nitrogen and oxygen atoms in total. The van der Waals surface area contributed by atoms with E-state index in [0.29, 0.717) is 5.69 Å². The van der Waals surface area contributed by atoms with Crippen LogP contribution in [-0.2, 0) is 19.1 Å². The number of nitrogens with zero attached hydrogens (tertiary/aromatic N) is 2. The van der Waals surface area contributed by atoms with Gasteiger partial charge in [-0.2, -0.15) is 0 Å². The zero-order valence-corrected chi connectivity index (χ0v) is 17.4. The van der Waals surface area contributed by atoms with Gasteiger partial charge in [-0.1, -0.05) is 11.6 Å². The van der Waals surface area contributed by atoms with Crippen LogP contribution in [0.1, 0.15) is 30.1 Å². The molecule has 1 unspecified atom stereocenters. The number of ether oxygens (including phenoxy) is 1. The summed E-state index contributed by atoms with van der Waals surface area (Å²) in [5.41, 5.74) is 2.65. The summed E-state index contributed by atoms with van der Waals surface area (Å²) in [7, 11) is 0. The molecule has 12 heteroatoms. The van der Waals surface area contributed by atoms with Crippen LogP contribution in [0.5, 0.6) is 0 Å². The Hall–Kier alpha value is -3.99. The largest absolute Gasteiger partial charge is 0.449 e. The highest BCUT2D eigenvalue weighted by Gasteiger charge is 2.25. The molecule has 1 heterocycles. The maximum absolute atomic E-state index is 12.4. The van der Waals surface area contributed by atoms with E-state index in [0.717, 1.165) is 11.1 Å². The molecule has 1 saturated heterocycles. The van der Waals surface area contributed by atoms with E-state index in [1.54, 1.807) is 0 Å². The number of nitro groups is 1. The average molecular weight is 461 g/mol. The van der Waals surface area contributed by atoms with Crippen LogP contribution in [0.4, 0.5) is 17.1 Å². The Labute approximate surface area is 186 Å². The molecule has 3 rings (SSSR count). The van der Waals surface area contributed by atoms with Crippen molar-refractivity contribution < 1.29 is 28.8 Å². The van der Waals surface area contributed by atoms with Crippen molar-refractivity contribution in [2.24, 2.45) is 0 Å². The zero-order valence-electron chi connectivity index (χ0n) is 16.7. The fourth-order valence-electron chi connectivity index (χ4n) is 2.77. The van der Waals surface area contributed by atoms with Crippen LogP contribution >= 0.6 is 11.6 Å². The lowest BCUT2D eigenvalue weighted by atomic mass is 10.1. The average Bonchev–Trinajstić information content (AvgIpc) is 2.76. The maximum atomic E-state index is 12.4. The first kappa shape index (κ1) is 22.7. The van der Waals surface area contributed by atoms with Gasteiger partial charge in [0.15, 0.2) is 6.10 Å². The molecular weight excluding hydrogens is 444 g/mol. The van der Waals surface area contributed by atoms with Crippen molar-refractivity contribution in [3.05, 3.63) is 63.2 Å². The minimum Gasteiger partial charge on any atom is -0.449 e. The number of hydrogen-bond acceptors (Lipinski definition) is 7. The fraction of sp³-hybridized carbons (Fsp3) is 0.200. The number of halogens is 1. The molecule has 2 aromatic rings. The van der Waals surface area contributed by atoms with Crippen LogP contribution in [0, 0.1) is 10.1 Å². The van der Waals surface area contributed by atoms with Gasteiger partial charge >= 0.3 is 5.97 Å². The minimum absolute atomic E-state index is 0.00589. The molecule has 2 N–H and O–H groups in total. The SMILES string of the molecule is CC(OC(=O)c1ccc(N2NC(=O)CCC2=O)cc1)C(=O)Nc1cc([N+](=O)[O-])ccc1Cl. The Morgan fingerprint density at radius 1 is 1.19 bits per heavy atom. The van der Waals surface area contributed by atoms with Crippen molar-refractivity contribution in [2.45, 2.75) is 25.9 Å². The van der Waals surface area contributed by atoms with Gasteiger partial charge in [0.05, 0.1) is 26.9 Å². The van der Waals surface area contributed by atoms with Crippen molar-refractivity contribution in [3.63, 3.8) is 0 Å². The summed E-state index contributed by atoms with van der Waals surface area (Å²) >= 11 is 5.95. The summed E-state index contributed by atoms with van der Waals surface area (Å²) in [5, 5.41) is 14.4. The molecule has 0 bridgehead atoms. The smallest absolute Gasteiger partial charge is 0.338 e. The molecule has 0 aromatic heterocycles. The minimum atomic E-state index is -1.24. The van der Waals surface area contributed by atoms with Gasteiger partial charge in [-0.05, 0) is 37.3 Å². The fourth-order valence-corrected chi connectivity index (χ4v) is 2.93. The van der Waals surface area contributed by atoms with E-state index in [2.05, 4.69) is 10.7 Å². The number of nitro benzene ring substituents is 1. The lowest BCUT2D eigenvalue weighted by Gasteiger charge is -2.27. The highest BCUT2D eigenvalue weighted by molar-refractivity contribution is 6.33. The highest BCUT2D eigenvalue weighted by atomic mass is 35.5. The van der Waals surface area contributed by atoms with Crippen LogP contribution in [0.25, 0.3) is 0 Å². The number of carbonyl (C=O) groups is 4. The number of anilines is 2. The van der Waals surface area contributed by atoms with Crippen molar-refractivity contribution >= 4 is 52.4 Å². The van der Waals surface area contributed by atoms with Crippen LogP contribution in [0.15, 0.2) is 42.5 Å². The first-order chi connectivity index (χ1) is 15.2. The summed E-state index contributed by atoms with van der Waals surface area (Å²) in [4.78, 5) is 58.4. The Balaban J connectivity index is 1.63. The Bertz CT molecular complexity index is 1100. The van der Waals surface area contributed by atoms with Crippen LogP contribution in [-0.4, -0.2) is 34.7 Å². The first-order valence-electron chi connectivity index (χ1n) is 9.34. The third-order valence-corrected chi connectivity index (χ3v) is 4.81. The van der Waals surface area contributed by atoms with Gasteiger partial charge in [0.2, 0.25) is 11.8 Å². The number of carbonyl (C=O) groups excluding carboxylic acids is 4. The number of hydrazine groups is 1. The van der Waals surface area contributed by atoms with Gasteiger partial charge in [-0.15, -0.1) is 0 Å². The summed E-state index contributed by atoms with van der Waals surface area (Å²) in [6.45, 7) is 1.33. The van der Waals surface area contributed by atoms with E-state index in [1.165, 1.54) is 43.3 Å². The second-order valence-corrected chi connectivity index (χ2v) is 7.18. The highest BCUT2D eigenvalue weighted by Crippen LogP contribution is 2.27. The van der Waals surface area contributed by atoms with E-state index < -0.39 is 22.9 Å². The molecule has 1 aliphatic heterocycles. The van der Waals surface area contributed by atoms with Crippen molar-refractivity contribution in [3.8, 4) is 0 Å². The van der Waals surface area contributed by atoms with Crippen LogP contribution in [0.2, 0.25) is 5.02 Å². The molecule has 0 saturated carbocycles. The Morgan fingerprint density at radius 2 is 1.88 bits per heavy atom. The van der Waals surface area contributed by atoms with Gasteiger partial charge in [0.1, 0.15) is 0 Å². The Morgan fingerprint density at radius 3 is 2.53 bits per heavy atom.